The van der Waals surface area contributed by atoms with Gasteiger partial charge < -0.3 is 4.90 Å². The van der Waals surface area contributed by atoms with E-state index in [-0.39, 0.29) is 17.3 Å². The minimum absolute atomic E-state index is 0.112. The lowest BCUT2D eigenvalue weighted by molar-refractivity contribution is -0.137. The van der Waals surface area contributed by atoms with Crippen LogP contribution >= 0.6 is 0 Å². The summed E-state index contributed by atoms with van der Waals surface area (Å²) in [7, 11) is 1.59. The average molecular weight is 488 g/mol. The van der Waals surface area contributed by atoms with Crippen molar-refractivity contribution >= 4 is 16.9 Å². The maximum Gasteiger partial charge on any atom is 0.416 e. The van der Waals surface area contributed by atoms with E-state index >= 15 is 0 Å². The third kappa shape index (κ3) is 4.58. The summed E-state index contributed by atoms with van der Waals surface area (Å²) in [6.07, 6.45) is -3.93. The highest BCUT2D eigenvalue weighted by Crippen LogP contribution is 2.34. The molecule has 2 atom stereocenters. The number of hydrogen-bond donors (Lipinski definition) is 0. The molecule has 0 spiro atoms. The molecule has 2 aromatic heterocycles. The second kappa shape index (κ2) is 9.26. The molecule has 3 aromatic rings. The summed E-state index contributed by atoms with van der Waals surface area (Å²) in [4.78, 5) is 25.2. The van der Waals surface area contributed by atoms with Gasteiger partial charge in [-0.25, -0.2) is 14.2 Å². The van der Waals surface area contributed by atoms with Crippen molar-refractivity contribution in [1.82, 2.24) is 19.4 Å². The molecule has 3 heterocycles. The quantitative estimate of drug-likeness (QED) is 0.517. The number of benzene rings is 1. The highest BCUT2D eigenvalue weighted by Gasteiger charge is 2.34. The van der Waals surface area contributed by atoms with Crippen LogP contribution in [0.2, 0.25) is 0 Å². The second-order valence-corrected chi connectivity index (χ2v) is 8.61. The number of halogens is 4. The van der Waals surface area contributed by atoms with Gasteiger partial charge in [0, 0.05) is 44.3 Å². The number of nitrogens with zero attached hydrogens (tertiary/aromatic N) is 6. The van der Waals surface area contributed by atoms with Crippen LogP contribution < -0.4 is 10.6 Å². The van der Waals surface area contributed by atoms with Gasteiger partial charge in [0.05, 0.1) is 11.1 Å². The highest BCUT2D eigenvalue weighted by molar-refractivity contribution is 5.86. The average Bonchev–Trinajstić information content (AvgIpc) is 2.84. The fourth-order valence-corrected chi connectivity index (χ4v) is 4.57. The minimum atomic E-state index is -4.61. The van der Waals surface area contributed by atoms with Crippen LogP contribution in [0, 0.1) is 17.1 Å². The van der Waals surface area contributed by atoms with Crippen molar-refractivity contribution in [1.29, 1.82) is 5.26 Å². The van der Waals surface area contributed by atoms with Gasteiger partial charge in [-0.1, -0.05) is 13.0 Å². The van der Waals surface area contributed by atoms with Crippen molar-refractivity contribution in [2.45, 2.75) is 38.5 Å². The Morgan fingerprint density at radius 3 is 2.57 bits per heavy atom. The van der Waals surface area contributed by atoms with E-state index in [9.17, 15) is 27.6 Å². The molecule has 0 aliphatic carbocycles. The molecule has 2 unspecified atom stereocenters. The number of piperazine rings is 1. The van der Waals surface area contributed by atoms with E-state index in [1.54, 1.807) is 26.1 Å². The van der Waals surface area contributed by atoms with Gasteiger partial charge in [0.2, 0.25) is 0 Å². The summed E-state index contributed by atoms with van der Waals surface area (Å²) in [6.45, 7) is 5.13. The first kappa shape index (κ1) is 24.6. The summed E-state index contributed by atoms with van der Waals surface area (Å²) in [6, 6.07) is 7.28. The van der Waals surface area contributed by atoms with E-state index in [1.165, 1.54) is 10.6 Å². The zero-order valence-electron chi connectivity index (χ0n) is 19.5. The maximum absolute atomic E-state index is 14.6. The monoisotopic (exact) mass is 488 g/mol. The van der Waals surface area contributed by atoms with E-state index in [1.807, 2.05) is 22.8 Å². The van der Waals surface area contributed by atoms with Gasteiger partial charge in [-0.05, 0) is 37.6 Å². The summed E-state index contributed by atoms with van der Waals surface area (Å²) < 4.78 is 54.8. The molecule has 0 N–H and O–H groups in total. The molecule has 0 bridgehead atoms. The molecule has 0 radical (unpaired) electrons. The number of alkyl halides is 3. The molecular formula is C24H24F4N6O. The zero-order chi connectivity index (χ0) is 25.5. The molecule has 1 aliphatic heterocycles. The molecule has 35 heavy (non-hydrogen) atoms. The summed E-state index contributed by atoms with van der Waals surface area (Å²) in [5.74, 6) is -0.504. The van der Waals surface area contributed by atoms with Crippen molar-refractivity contribution < 1.29 is 17.6 Å². The first-order valence-corrected chi connectivity index (χ1v) is 11.2. The third-order valence-electron chi connectivity index (χ3n) is 6.63. The van der Waals surface area contributed by atoms with Crippen LogP contribution in [0.3, 0.4) is 0 Å². The topological polar surface area (TPSA) is 78.0 Å². The Morgan fingerprint density at radius 1 is 1.20 bits per heavy atom. The number of pyridine rings is 1. The summed E-state index contributed by atoms with van der Waals surface area (Å²) in [5.41, 5.74) is -0.0704. The standard InChI is InChI=1S/C24H24F4N6O/c1-4-17-13-33(14(2)18-7-5-15(11-19(18)25)24(26,27)28)9-10-34(17)22-21-20(32(3)23(35)31-22)8-6-16(12-29)30-21/h5-8,11,14,17H,4,9-10,13H2,1-3H3. The first-order chi connectivity index (χ1) is 16.5. The number of aryl methyl sites for hydroxylation is 1. The molecule has 1 fully saturated rings. The van der Waals surface area contributed by atoms with Gasteiger partial charge >= 0.3 is 11.9 Å². The van der Waals surface area contributed by atoms with Crippen molar-refractivity contribution in [2.75, 3.05) is 24.5 Å². The maximum atomic E-state index is 14.6. The Balaban J connectivity index is 1.65. The first-order valence-electron chi connectivity index (χ1n) is 11.2. The third-order valence-corrected chi connectivity index (χ3v) is 6.63. The van der Waals surface area contributed by atoms with E-state index in [0.29, 0.717) is 49.0 Å². The number of rotatable bonds is 4. The lowest BCUT2D eigenvalue weighted by Crippen LogP contribution is -2.54. The SMILES string of the molecule is CCC1CN(C(C)c2ccc(C(F)(F)F)cc2F)CCN1c1nc(=O)n(C)c2ccc(C#N)nc12. The largest absolute Gasteiger partial charge is 0.416 e. The predicted molar refractivity (Wildman–Crippen MR) is 122 cm³/mol. The van der Waals surface area contributed by atoms with Crippen LogP contribution in [0.1, 0.15) is 43.1 Å². The van der Waals surface area contributed by atoms with E-state index in [2.05, 4.69) is 9.97 Å². The molecule has 0 amide bonds. The van der Waals surface area contributed by atoms with E-state index in [4.69, 9.17) is 0 Å². The number of aromatic nitrogens is 3. The van der Waals surface area contributed by atoms with Gasteiger partial charge in [-0.2, -0.15) is 23.4 Å². The number of hydrogen-bond acceptors (Lipinski definition) is 6. The number of nitriles is 1. The van der Waals surface area contributed by atoms with Crippen LogP contribution in [0.25, 0.3) is 11.0 Å². The van der Waals surface area contributed by atoms with Crippen LogP contribution in [0.4, 0.5) is 23.4 Å². The Hall–Kier alpha value is -3.52. The van der Waals surface area contributed by atoms with E-state index in [0.717, 1.165) is 6.07 Å². The zero-order valence-corrected chi connectivity index (χ0v) is 19.5. The van der Waals surface area contributed by atoms with Crippen molar-refractivity contribution in [3.05, 3.63) is 63.5 Å². The molecule has 7 nitrogen and oxygen atoms in total. The second-order valence-electron chi connectivity index (χ2n) is 8.61. The number of fused-ring (bicyclic) bond motifs is 1. The fourth-order valence-electron chi connectivity index (χ4n) is 4.57. The molecule has 1 saturated heterocycles. The van der Waals surface area contributed by atoms with Gasteiger partial charge in [0.1, 0.15) is 23.1 Å². The smallest absolute Gasteiger partial charge is 0.349 e. The molecule has 11 heteroatoms. The van der Waals surface area contributed by atoms with Crippen LogP contribution in [-0.2, 0) is 13.2 Å². The lowest BCUT2D eigenvalue weighted by Gasteiger charge is -2.44. The summed E-state index contributed by atoms with van der Waals surface area (Å²) in [5, 5.41) is 9.29. The Morgan fingerprint density at radius 2 is 1.94 bits per heavy atom. The van der Waals surface area contributed by atoms with Gasteiger partial charge in [-0.3, -0.25) is 9.47 Å². The molecule has 0 saturated carbocycles. The molecule has 1 aliphatic rings. The predicted octanol–water partition coefficient (Wildman–Crippen LogP) is 4.02. The fraction of sp³-hybridized carbons (Fsp3) is 0.417. The van der Waals surface area contributed by atoms with Crippen LogP contribution in [-0.4, -0.2) is 45.1 Å². The lowest BCUT2D eigenvalue weighted by atomic mass is 10.0. The Kier molecular flexibility index (Phi) is 6.51. The van der Waals surface area contributed by atoms with Crippen molar-refractivity contribution in [3.63, 3.8) is 0 Å². The molecule has 184 valence electrons. The van der Waals surface area contributed by atoms with Gasteiger partial charge in [0.15, 0.2) is 5.82 Å². The van der Waals surface area contributed by atoms with Crippen LogP contribution in [0.5, 0.6) is 0 Å². The Bertz CT molecular complexity index is 1360. The minimum Gasteiger partial charge on any atom is -0.349 e. The van der Waals surface area contributed by atoms with Gasteiger partial charge in [-0.15, -0.1) is 0 Å². The summed E-state index contributed by atoms with van der Waals surface area (Å²) >= 11 is 0. The van der Waals surface area contributed by atoms with Crippen LogP contribution in [0.15, 0.2) is 35.1 Å². The van der Waals surface area contributed by atoms with Crippen molar-refractivity contribution in [3.8, 4) is 6.07 Å². The van der Waals surface area contributed by atoms with Crippen molar-refractivity contribution in [2.24, 2.45) is 7.05 Å². The molecular weight excluding hydrogens is 464 g/mol. The van der Waals surface area contributed by atoms with E-state index < -0.39 is 29.3 Å². The van der Waals surface area contributed by atoms with Gasteiger partial charge in [0.25, 0.3) is 0 Å². The number of anilines is 1. The molecule has 1 aromatic carbocycles. The normalized spacial score (nSPS) is 18.0. The molecule has 4 rings (SSSR count). The Labute approximate surface area is 199 Å². The highest BCUT2D eigenvalue weighted by atomic mass is 19.4.